The summed E-state index contributed by atoms with van der Waals surface area (Å²) in [6.45, 7) is 0.611. The Hall–Kier alpha value is -2.14. The minimum atomic E-state index is 0.0349. The van der Waals surface area contributed by atoms with Gasteiger partial charge in [0, 0.05) is 24.6 Å². The topological polar surface area (TPSA) is 66.9 Å². The fraction of sp³-hybridized carbons (Fsp3) is 0.214. The second-order valence-corrected chi connectivity index (χ2v) is 5.03. The molecule has 0 bridgehead atoms. The summed E-state index contributed by atoms with van der Waals surface area (Å²) in [6.07, 6.45) is 3.55. The molecule has 1 aromatic heterocycles. The second-order valence-electron chi connectivity index (χ2n) is 4.64. The maximum absolute atomic E-state index is 11.7. The Morgan fingerprint density at radius 2 is 2.20 bits per heavy atom. The van der Waals surface area contributed by atoms with Crippen molar-refractivity contribution in [1.29, 1.82) is 0 Å². The van der Waals surface area contributed by atoms with E-state index in [2.05, 4.69) is 20.6 Å². The first-order valence-corrected chi connectivity index (χ1v) is 6.70. The van der Waals surface area contributed by atoms with Crippen molar-refractivity contribution in [2.45, 2.75) is 12.3 Å². The number of rotatable bonds is 3. The SMILES string of the molecule is O=C1C[C@H](CNc2cncc(Cl)n2)c2ccccc2N1. The highest BCUT2D eigenvalue weighted by atomic mass is 35.5. The van der Waals surface area contributed by atoms with Crippen LogP contribution in [-0.2, 0) is 4.79 Å². The predicted octanol–water partition coefficient (Wildman–Crippen LogP) is 2.67. The summed E-state index contributed by atoms with van der Waals surface area (Å²) in [6, 6.07) is 7.84. The molecule has 2 aromatic rings. The van der Waals surface area contributed by atoms with E-state index in [4.69, 9.17) is 11.6 Å². The molecule has 5 nitrogen and oxygen atoms in total. The molecule has 0 saturated heterocycles. The molecule has 2 N–H and O–H groups in total. The summed E-state index contributed by atoms with van der Waals surface area (Å²) in [5.41, 5.74) is 2.02. The molecule has 1 atom stereocenters. The van der Waals surface area contributed by atoms with Crippen molar-refractivity contribution in [3.05, 3.63) is 47.4 Å². The number of halogens is 1. The number of hydrogen-bond acceptors (Lipinski definition) is 4. The van der Waals surface area contributed by atoms with Gasteiger partial charge in [-0.3, -0.25) is 9.78 Å². The first kappa shape index (κ1) is 12.9. The van der Waals surface area contributed by atoms with Gasteiger partial charge < -0.3 is 10.6 Å². The molecule has 0 spiro atoms. The van der Waals surface area contributed by atoms with Crippen molar-refractivity contribution in [1.82, 2.24) is 9.97 Å². The minimum absolute atomic E-state index is 0.0349. The fourth-order valence-corrected chi connectivity index (χ4v) is 2.49. The Balaban J connectivity index is 1.76. The smallest absolute Gasteiger partial charge is 0.225 e. The third-order valence-electron chi connectivity index (χ3n) is 3.24. The van der Waals surface area contributed by atoms with Gasteiger partial charge in [-0.05, 0) is 11.6 Å². The van der Waals surface area contributed by atoms with Crippen LogP contribution in [0.4, 0.5) is 11.5 Å². The van der Waals surface area contributed by atoms with Gasteiger partial charge in [-0.25, -0.2) is 4.98 Å². The predicted molar refractivity (Wildman–Crippen MR) is 78.0 cm³/mol. The quantitative estimate of drug-likeness (QED) is 0.911. The van der Waals surface area contributed by atoms with E-state index < -0.39 is 0 Å². The number of aromatic nitrogens is 2. The van der Waals surface area contributed by atoms with E-state index in [1.165, 1.54) is 6.20 Å². The van der Waals surface area contributed by atoms with Crippen LogP contribution in [0.5, 0.6) is 0 Å². The van der Waals surface area contributed by atoms with Crippen LogP contribution < -0.4 is 10.6 Å². The zero-order chi connectivity index (χ0) is 13.9. The molecule has 0 radical (unpaired) electrons. The maximum Gasteiger partial charge on any atom is 0.225 e. The molecule has 0 saturated carbocycles. The average Bonchev–Trinajstić information content (AvgIpc) is 2.44. The zero-order valence-corrected chi connectivity index (χ0v) is 11.4. The van der Waals surface area contributed by atoms with Gasteiger partial charge in [0.2, 0.25) is 5.91 Å². The van der Waals surface area contributed by atoms with Crippen molar-refractivity contribution in [3.8, 4) is 0 Å². The van der Waals surface area contributed by atoms with Crippen molar-refractivity contribution < 1.29 is 4.79 Å². The lowest BCUT2D eigenvalue weighted by atomic mass is 9.90. The minimum Gasteiger partial charge on any atom is -0.368 e. The summed E-state index contributed by atoms with van der Waals surface area (Å²) in [5.74, 6) is 0.759. The normalized spacial score (nSPS) is 17.2. The zero-order valence-electron chi connectivity index (χ0n) is 10.6. The standard InChI is InChI=1S/C14H13ClN4O/c15-12-7-16-8-13(19-12)17-6-9-5-14(20)18-11-4-2-1-3-10(9)11/h1-4,7-9H,5-6H2,(H,17,19)(H,18,20)/t9-/m1/s1. The monoisotopic (exact) mass is 288 g/mol. The first-order valence-electron chi connectivity index (χ1n) is 6.32. The molecule has 6 heteroatoms. The van der Waals surface area contributed by atoms with E-state index in [9.17, 15) is 4.79 Å². The Morgan fingerprint density at radius 1 is 1.35 bits per heavy atom. The summed E-state index contributed by atoms with van der Waals surface area (Å²) < 4.78 is 0. The van der Waals surface area contributed by atoms with E-state index in [0.29, 0.717) is 23.9 Å². The van der Waals surface area contributed by atoms with E-state index in [1.807, 2.05) is 24.3 Å². The number of para-hydroxylation sites is 1. The van der Waals surface area contributed by atoms with Crippen LogP contribution in [0.2, 0.25) is 5.15 Å². The average molecular weight is 289 g/mol. The molecule has 1 aliphatic heterocycles. The first-order chi connectivity index (χ1) is 9.72. The molecule has 3 rings (SSSR count). The van der Waals surface area contributed by atoms with Crippen LogP contribution in [0, 0.1) is 0 Å². The van der Waals surface area contributed by atoms with Gasteiger partial charge in [-0.15, -0.1) is 0 Å². The van der Waals surface area contributed by atoms with E-state index in [-0.39, 0.29) is 11.8 Å². The fourth-order valence-electron chi connectivity index (χ4n) is 2.34. The van der Waals surface area contributed by atoms with Crippen LogP contribution in [0.3, 0.4) is 0 Å². The van der Waals surface area contributed by atoms with Gasteiger partial charge in [0.15, 0.2) is 0 Å². The van der Waals surface area contributed by atoms with Crippen LogP contribution in [0.1, 0.15) is 17.9 Å². The maximum atomic E-state index is 11.7. The number of nitrogens with one attached hydrogen (secondary N) is 2. The van der Waals surface area contributed by atoms with Crippen molar-refractivity contribution in [3.63, 3.8) is 0 Å². The van der Waals surface area contributed by atoms with Crippen molar-refractivity contribution >= 4 is 29.0 Å². The van der Waals surface area contributed by atoms with Gasteiger partial charge >= 0.3 is 0 Å². The van der Waals surface area contributed by atoms with Gasteiger partial charge in [0.05, 0.1) is 12.4 Å². The summed E-state index contributed by atoms with van der Waals surface area (Å²) in [7, 11) is 0. The molecule has 1 aromatic carbocycles. The highest BCUT2D eigenvalue weighted by Crippen LogP contribution is 2.31. The lowest BCUT2D eigenvalue weighted by Crippen LogP contribution is -2.26. The number of nitrogens with zero attached hydrogens (tertiary/aromatic N) is 2. The molecule has 1 aliphatic rings. The molecular formula is C14H13ClN4O. The molecule has 102 valence electrons. The van der Waals surface area contributed by atoms with E-state index >= 15 is 0 Å². The molecular weight excluding hydrogens is 276 g/mol. The van der Waals surface area contributed by atoms with Crippen LogP contribution >= 0.6 is 11.6 Å². The van der Waals surface area contributed by atoms with E-state index in [1.54, 1.807) is 6.20 Å². The summed E-state index contributed by atoms with van der Waals surface area (Å²) in [4.78, 5) is 19.8. The van der Waals surface area contributed by atoms with Crippen molar-refractivity contribution in [2.24, 2.45) is 0 Å². The largest absolute Gasteiger partial charge is 0.368 e. The van der Waals surface area contributed by atoms with Crippen LogP contribution in [0.25, 0.3) is 0 Å². The number of carbonyl (C=O) groups excluding carboxylic acids is 1. The molecule has 0 aliphatic carbocycles. The third kappa shape index (κ3) is 2.72. The Labute approximate surface area is 121 Å². The van der Waals surface area contributed by atoms with Gasteiger partial charge in [-0.2, -0.15) is 0 Å². The van der Waals surface area contributed by atoms with Gasteiger partial charge in [-0.1, -0.05) is 29.8 Å². The second kappa shape index (κ2) is 5.46. The summed E-state index contributed by atoms with van der Waals surface area (Å²) in [5, 5.41) is 6.40. The molecule has 20 heavy (non-hydrogen) atoms. The summed E-state index contributed by atoms with van der Waals surface area (Å²) >= 11 is 5.79. The van der Waals surface area contributed by atoms with Gasteiger partial charge in [0.1, 0.15) is 11.0 Å². The Morgan fingerprint density at radius 3 is 3.05 bits per heavy atom. The van der Waals surface area contributed by atoms with Gasteiger partial charge in [0.25, 0.3) is 0 Å². The van der Waals surface area contributed by atoms with Crippen LogP contribution in [-0.4, -0.2) is 22.4 Å². The lowest BCUT2D eigenvalue weighted by Gasteiger charge is -2.25. The highest BCUT2D eigenvalue weighted by Gasteiger charge is 2.24. The number of benzene rings is 1. The molecule has 2 heterocycles. The molecule has 1 amide bonds. The third-order valence-corrected chi connectivity index (χ3v) is 3.42. The molecule has 0 unspecified atom stereocenters. The van der Waals surface area contributed by atoms with Crippen molar-refractivity contribution in [2.75, 3.05) is 17.2 Å². The number of carbonyl (C=O) groups is 1. The number of hydrogen-bond donors (Lipinski definition) is 2. The number of anilines is 2. The Bertz CT molecular complexity index is 647. The van der Waals surface area contributed by atoms with E-state index in [0.717, 1.165) is 11.3 Å². The molecule has 0 fully saturated rings. The number of fused-ring (bicyclic) bond motifs is 1. The number of amides is 1. The Kier molecular flexibility index (Phi) is 3.52. The highest BCUT2D eigenvalue weighted by molar-refractivity contribution is 6.29. The van der Waals surface area contributed by atoms with Crippen LogP contribution in [0.15, 0.2) is 36.7 Å². The lowest BCUT2D eigenvalue weighted by molar-refractivity contribution is -0.116.